The molecule has 4 heteroatoms. The Morgan fingerprint density at radius 2 is 1.63 bits per heavy atom. The number of hydrogen-bond acceptors (Lipinski definition) is 2. The highest BCUT2D eigenvalue weighted by molar-refractivity contribution is 14.1. The molecule has 0 unspecified atom stereocenters. The fourth-order valence-electron chi connectivity index (χ4n) is 1.80. The number of benzene rings is 1. The SMILES string of the molecule is CCCCO[Si](C)(OCCCC)c1cccc(I)c1. The molecule has 0 aliphatic rings. The van der Waals surface area contributed by atoms with Gasteiger partial charge in [-0.1, -0.05) is 38.8 Å². The van der Waals surface area contributed by atoms with Gasteiger partial charge in [-0.05, 0) is 59.3 Å². The average molecular weight is 392 g/mol. The van der Waals surface area contributed by atoms with Crippen LogP contribution in [0.1, 0.15) is 39.5 Å². The molecule has 2 nitrogen and oxygen atoms in total. The van der Waals surface area contributed by atoms with Crippen LogP contribution in [0.2, 0.25) is 6.55 Å². The van der Waals surface area contributed by atoms with E-state index in [2.05, 4.69) is 67.3 Å². The summed E-state index contributed by atoms with van der Waals surface area (Å²) in [5, 5.41) is 1.24. The van der Waals surface area contributed by atoms with E-state index in [9.17, 15) is 0 Å². The maximum atomic E-state index is 6.17. The van der Waals surface area contributed by atoms with Gasteiger partial charge in [0.15, 0.2) is 0 Å². The van der Waals surface area contributed by atoms with Crippen molar-refractivity contribution in [3.05, 3.63) is 27.8 Å². The molecule has 0 aromatic heterocycles. The largest absolute Gasteiger partial charge is 0.391 e. The lowest BCUT2D eigenvalue weighted by Crippen LogP contribution is -2.51. The lowest BCUT2D eigenvalue weighted by atomic mass is 10.4. The van der Waals surface area contributed by atoms with Crippen molar-refractivity contribution in [3.8, 4) is 0 Å². The van der Waals surface area contributed by atoms with Crippen LogP contribution in [-0.2, 0) is 8.85 Å². The average Bonchev–Trinajstić information content (AvgIpc) is 2.39. The Bertz CT molecular complexity index is 361. The predicted molar refractivity (Wildman–Crippen MR) is 92.1 cm³/mol. The van der Waals surface area contributed by atoms with E-state index in [0.29, 0.717) is 0 Å². The summed E-state index contributed by atoms with van der Waals surface area (Å²) in [6, 6.07) is 8.54. The van der Waals surface area contributed by atoms with Gasteiger partial charge in [-0.15, -0.1) is 0 Å². The van der Waals surface area contributed by atoms with Crippen LogP contribution in [-0.4, -0.2) is 21.8 Å². The third-order valence-corrected chi connectivity index (χ3v) is 6.64. The molecule has 0 bridgehead atoms. The summed E-state index contributed by atoms with van der Waals surface area (Å²) in [5.74, 6) is 0. The zero-order chi connectivity index (χ0) is 14.1. The Morgan fingerprint density at radius 1 is 1.05 bits per heavy atom. The number of hydrogen-bond donors (Lipinski definition) is 0. The fourth-order valence-corrected chi connectivity index (χ4v) is 4.94. The molecule has 0 fully saturated rings. The molecule has 0 radical (unpaired) electrons. The monoisotopic (exact) mass is 392 g/mol. The van der Waals surface area contributed by atoms with E-state index < -0.39 is 8.56 Å². The van der Waals surface area contributed by atoms with Crippen LogP contribution in [0.4, 0.5) is 0 Å². The molecule has 108 valence electrons. The van der Waals surface area contributed by atoms with Gasteiger partial charge in [0.25, 0.3) is 0 Å². The van der Waals surface area contributed by atoms with E-state index in [1.807, 2.05) is 0 Å². The second kappa shape index (κ2) is 9.10. The van der Waals surface area contributed by atoms with Gasteiger partial charge in [0.05, 0.1) is 0 Å². The minimum absolute atomic E-state index is 0.802. The molecular formula is C15H25IO2Si. The molecule has 1 aromatic rings. The molecule has 0 spiro atoms. The van der Waals surface area contributed by atoms with Crippen molar-refractivity contribution in [1.29, 1.82) is 0 Å². The second-order valence-corrected chi connectivity index (χ2v) is 9.15. The fraction of sp³-hybridized carbons (Fsp3) is 0.600. The van der Waals surface area contributed by atoms with Crippen molar-refractivity contribution in [3.63, 3.8) is 0 Å². The Morgan fingerprint density at radius 3 is 2.11 bits per heavy atom. The normalized spacial score (nSPS) is 11.8. The van der Waals surface area contributed by atoms with Crippen molar-refractivity contribution in [2.24, 2.45) is 0 Å². The van der Waals surface area contributed by atoms with E-state index in [-0.39, 0.29) is 0 Å². The van der Waals surface area contributed by atoms with Crippen molar-refractivity contribution in [1.82, 2.24) is 0 Å². The third-order valence-electron chi connectivity index (χ3n) is 3.10. The van der Waals surface area contributed by atoms with Gasteiger partial charge in [0.1, 0.15) is 0 Å². The molecule has 0 atom stereocenters. The third kappa shape index (κ3) is 5.93. The van der Waals surface area contributed by atoms with E-state index in [1.54, 1.807) is 0 Å². The first-order valence-corrected chi connectivity index (χ1v) is 10.6. The number of halogens is 1. The predicted octanol–water partition coefficient (Wildman–Crippen LogP) is 4.20. The molecule has 0 aliphatic heterocycles. The number of rotatable bonds is 9. The first kappa shape index (κ1) is 17.1. The zero-order valence-electron chi connectivity index (χ0n) is 12.2. The molecule has 0 heterocycles. The van der Waals surface area contributed by atoms with Crippen molar-refractivity contribution < 1.29 is 8.85 Å². The van der Waals surface area contributed by atoms with Gasteiger partial charge < -0.3 is 8.85 Å². The molecule has 0 saturated carbocycles. The lowest BCUT2D eigenvalue weighted by Gasteiger charge is -2.27. The quantitative estimate of drug-likeness (QED) is 0.356. The molecule has 0 aliphatic carbocycles. The highest BCUT2D eigenvalue weighted by atomic mass is 127. The van der Waals surface area contributed by atoms with Crippen LogP contribution in [0.3, 0.4) is 0 Å². The van der Waals surface area contributed by atoms with Crippen LogP contribution < -0.4 is 5.19 Å². The number of unbranched alkanes of at least 4 members (excludes halogenated alkanes) is 2. The first-order chi connectivity index (χ1) is 9.12. The summed E-state index contributed by atoms with van der Waals surface area (Å²) < 4.78 is 13.6. The molecule has 1 rings (SSSR count). The Labute approximate surface area is 132 Å². The van der Waals surface area contributed by atoms with E-state index in [0.717, 1.165) is 38.9 Å². The van der Waals surface area contributed by atoms with E-state index in [1.165, 1.54) is 8.76 Å². The van der Waals surface area contributed by atoms with Crippen LogP contribution in [0.5, 0.6) is 0 Å². The molecule has 0 N–H and O–H groups in total. The topological polar surface area (TPSA) is 18.5 Å². The maximum absolute atomic E-state index is 6.17. The van der Waals surface area contributed by atoms with Gasteiger partial charge in [0.2, 0.25) is 0 Å². The van der Waals surface area contributed by atoms with Gasteiger partial charge in [0, 0.05) is 16.8 Å². The van der Waals surface area contributed by atoms with Gasteiger partial charge >= 0.3 is 8.56 Å². The molecule has 19 heavy (non-hydrogen) atoms. The summed E-state index contributed by atoms with van der Waals surface area (Å²) in [6.07, 6.45) is 4.52. The molecule has 0 saturated heterocycles. The zero-order valence-corrected chi connectivity index (χ0v) is 15.4. The van der Waals surface area contributed by atoms with E-state index in [4.69, 9.17) is 8.85 Å². The van der Waals surface area contributed by atoms with Gasteiger partial charge in [-0.2, -0.15) is 0 Å². The van der Waals surface area contributed by atoms with Crippen molar-refractivity contribution in [2.45, 2.75) is 46.1 Å². The van der Waals surface area contributed by atoms with Crippen LogP contribution in [0, 0.1) is 3.57 Å². The summed E-state index contributed by atoms with van der Waals surface area (Å²) in [4.78, 5) is 0. The summed E-state index contributed by atoms with van der Waals surface area (Å²) >= 11 is 2.35. The van der Waals surface area contributed by atoms with Crippen LogP contribution >= 0.6 is 22.6 Å². The minimum Gasteiger partial charge on any atom is -0.391 e. The Kier molecular flexibility index (Phi) is 8.21. The van der Waals surface area contributed by atoms with Gasteiger partial charge in [-0.3, -0.25) is 0 Å². The van der Waals surface area contributed by atoms with Crippen molar-refractivity contribution in [2.75, 3.05) is 13.2 Å². The maximum Gasteiger partial charge on any atom is 0.369 e. The van der Waals surface area contributed by atoms with Crippen molar-refractivity contribution >= 4 is 36.3 Å². The molecule has 1 aromatic carbocycles. The smallest absolute Gasteiger partial charge is 0.369 e. The first-order valence-electron chi connectivity index (χ1n) is 7.16. The highest BCUT2D eigenvalue weighted by Gasteiger charge is 2.34. The standard InChI is InChI=1S/C15H25IO2Si/c1-4-6-11-17-19(3,18-12-7-5-2)15-10-8-9-14(16)13-15/h8-10,13H,4-7,11-12H2,1-3H3. The minimum atomic E-state index is -2.24. The second-order valence-electron chi connectivity index (χ2n) is 4.86. The van der Waals surface area contributed by atoms with Gasteiger partial charge in [-0.25, -0.2) is 0 Å². The molecular weight excluding hydrogens is 367 g/mol. The van der Waals surface area contributed by atoms with E-state index >= 15 is 0 Å². The Balaban J connectivity index is 2.77. The summed E-state index contributed by atoms with van der Waals surface area (Å²) in [6.45, 7) is 8.15. The lowest BCUT2D eigenvalue weighted by molar-refractivity contribution is 0.181. The van der Waals surface area contributed by atoms with Crippen LogP contribution in [0.15, 0.2) is 24.3 Å². The molecule has 0 amide bonds. The van der Waals surface area contributed by atoms with Crippen LogP contribution in [0.25, 0.3) is 0 Å². The highest BCUT2D eigenvalue weighted by Crippen LogP contribution is 2.12. The Hall–Kier alpha value is 0.0869. The summed E-state index contributed by atoms with van der Waals surface area (Å²) in [7, 11) is -2.24. The summed E-state index contributed by atoms with van der Waals surface area (Å²) in [5.41, 5.74) is 0.